The average molecular weight is 367 g/mol. The van der Waals surface area contributed by atoms with E-state index in [-0.39, 0.29) is 24.1 Å². The molecule has 0 fully saturated rings. The van der Waals surface area contributed by atoms with Crippen molar-refractivity contribution in [3.8, 4) is 11.1 Å². The highest BCUT2D eigenvalue weighted by molar-refractivity contribution is 6.22. The lowest BCUT2D eigenvalue weighted by molar-refractivity contribution is 0.0612. The van der Waals surface area contributed by atoms with Crippen LogP contribution in [0.1, 0.15) is 38.7 Å². The number of hydrogen-bond acceptors (Lipinski definition) is 3. The molecule has 1 aromatic heterocycles. The topological polar surface area (TPSA) is 55.2 Å². The van der Waals surface area contributed by atoms with Crippen LogP contribution in [-0.4, -0.2) is 33.2 Å². The van der Waals surface area contributed by atoms with Gasteiger partial charge in [0.15, 0.2) is 5.78 Å². The second-order valence-corrected chi connectivity index (χ2v) is 6.32. The molecule has 0 saturated heterocycles. The maximum absolute atomic E-state index is 12.9. The number of fused-ring (bicyclic) bond motifs is 3. The Morgan fingerprint density at radius 2 is 1.81 bits per heavy atom. The quantitative estimate of drug-likeness (QED) is 0.552. The van der Waals surface area contributed by atoms with Crippen LogP contribution in [0.25, 0.3) is 11.1 Å². The molecule has 1 amide bonds. The first-order valence-corrected chi connectivity index (χ1v) is 8.31. The Labute approximate surface area is 153 Å². The van der Waals surface area contributed by atoms with Crippen molar-refractivity contribution in [3.63, 3.8) is 0 Å². The Morgan fingerprint density at radius 1 is 1.11 bits per heavy atom. The molecule has 0 radical (unpaired) electrons. The van der Waals surface area contributed by atoms with E-state index in [1.165, 1.54) is 24.3 Å². The molecular formula is C20H15F2N3O2. The lowest BCUT2D eigenvalue weighted by Gasteiger charge is -2.18. The summed E-state index contributed by atoms with van der Waals surface area (Å²) in [5, 5.41) is 0. The number of benzene rings is 2. The minimum absolute atomic E-state index is 0.0680. The highest BCUT2D eigenvalue weighted by atomic mass is 19.3. The Morgan fingerprint density at radius 3 is 2.56 bits per heavy atom. The Kier molecular flexibility index (Phi) is 4.07. The standard InChI is InChI=1S/C20H15F2N3O2/c1-24(11-17-23-8-9-25(17)20(21)22)19(27)12-6-7-14-13-4-2-3-5-15(13)18(26)16(14)10-12/h2-10,20H,11H2,1H3. The molecule has 27 heavy (non-hydrogen) atoms. The molecule has 0 atom stereocenters. The third kappa shape index (κ3) is 2.81. The summed E-state index contributed by atoms with van der Waals surface area (Å²) in [5.41, 5.74) is 3.06. The number of carbonyl (C=O) groups is 2. The molecule has 4 rings (SSSR count). The predicted octanol–water partition coefficient (Wildman–Crippen LogP) is 3.76. The fourth-order valence-electron chi connectivity index (χ4n) is 3.31. The zero-order chi connectivity index (χ0) is 19.1. The first kappa shape index (κ1) is 17.1. The minimum atomic E-state index is -2.72. The number of alkyl halides is 2. The predicted molar refractivity (Wildman–Crippen MR) is 94.6 cm³/mol. The molecular weight excluding hydrogens is 352 g/mol. The fraction of sp³-hybridized carbons (Fsp3) is 0.150. The number of ketones is 1. The first-order chi connectivity index (χ1) is 13.0. The number of rotatable bonds is 4. The number of nitrogens with zero attached hydrogens (tertiary/aromatic N) is 3. The molecule has 1 heterocycles. The Balaban J connectivity index is 1.60. The van der Waals surface area contributed by atoms with Gasteiger partial charge in [0, 0.05) is 36.1 Å². The first-order valence-electron chi connectivity index (χ1n) is 8.31. The molecule has 0 bridgehead atoms. The van der Waals surface area contributed by atoms with Gasteiger partial charge in [-0.25, -0.2) is 4.98 Å². The number of carbonyl (C=O) groups excluding carboxylic acids is 2. The third-order valence-corrected chi connectivity index (χ3v) is 4.66. The maximum Gasteiger partial charge on any atom is 0.319 e. The summed E-state index contributed by atoms with van der Waals surface area (Å²) in [7, 11) is 1.51. The summed E-state index contributed by atoms with van der Waals surface area (Å²) in [6.45, 7) is -2.79. The molecule has 136 valence electrons. The van der Waals surface area contributed by atoms with Crippen molar-refractivity contribution < 1.29 is 18.4 Å². The van der Waals surface area contributed by atoms with Gasteiger partial charge in [-0.05, 0) is 23.3 Å². The molecule has 7 heteroatoms. The normalized spacial score (nSPS) is 12.2. The number of halogens is 2. The van der Waals surface area contributed by atoms with Gasteiger partial charge in [0.2, 0.25) is 0 Å². The second kappa shape index (κ2) is 6.42. The zero-order valence-electron chi connectivity index (χ0n) is 14.4. The van der Waals surface area contributed by atoms with Gasteiger partial charge in [0.1, 0.15) is 5.82 Å². The van der Waals surface area contributed by atoms with Crippen molar-refractivity contribution in [2.75, 3.05) is 7.05 Å². The monoisotopic (exact) mass is 367 g/mol. The number of amides is 1. The lowest BCUT2D eigenvalue weighted by atomic mass is 10.0. The second-order valence-electron chi connectivity index (χ2n) is 6.32. The number of aromatic nitrogens is 2. The molecule has 1 aliphatic carbocycles. The summed E-state index contributed by atoms with van der Waals surface area (Å²) < 4.78 is 26.6. The van der Waals surface area contributed by atoms with Crippen LogP contribution in [0.4, 0.5) is 8.78 Å². The Bertz CT molecular complexity index is 1060. The smallest absolute Gasteiger partial charge is 0.319 e. The van der Waals surface area contributed by atoms with Crippen molar-refractivity contribution in [2.24, 2.45) is 0 Å². The third-order valence-electron chi connectivity index (χ3n) is 4.66. The molecule has 3 aromatic rings. The average Bonchev–Trinajstić information content (AvgIpc) is 3.24. The lowest BCUT2D eigenvalue weighted by Crippen LogP contribution is -2.28. The Hall–Kier alpha value is -3.35. The van der Waals surface area contributed by atoms with E-state index in [2.05, 4.69) is 4.98 Å². The van der Waals surface area contributed by atoms with E-state index >= 15 is 0 Å². The van der Waals surface area contributed by atoms with Crippen LogP contribution in [0, 0.1) is 0 Å². The minimum Gasteiger partial charge on any atom is -0.334 e. The van der Waals surface area contributed by atoms with Crippen molar-refractivity contribution in [3.05, 3.63) is 77.4 Å². The van der Waals surface area contributed by atoms with Crippen LogP contribution < -0.4 is 0 Å². The van der Waals surface area contributed by atoms with Crippen LogP contribution in [0.15, 0.2) is 54.9 Å². The SMILES string of the molecule is CN(Cc1nccn1C(F)F)C(=O)c1ccc2c(c1)C(=O)c1ccccc1-2. The van der Waals surface area contributed by atoms with Crippen molar-refractivity contribution in [2.45, 2.75) is 13.1 Å². The molecule has 2 aromatic carbocycles. The van der Waals surface area contributed by atoms with E-state index in [0.717, 1.165) is 11.1 Å². The molecule has 0 unspecified atom stereocenters. The maximum atomic E-state index is 12.9. The molecule has 0 spiro atoms. The van der Waals surface area contributed by atoms with E-state index < -0.39 is 6.55 Å². The van der Waals surface area contributed by atoms with Gasteiger partial charge >= 0.3 is 6.55 Å². The highest BCUT2D eigenvalue weighted by Gasteiger charge is 2.27. The van der Waals surface area contributed by atoms with Crippen LogP contribution in [-0.2, 0) is 6.54 Å². The molecule has 0 aliphatic heterocycles. The summed E-state index contributed by atoms with van der Waals surface area (Å²) in [5.74, 6) is -0.401. The van der Waals surface area contributed by atoms with Crippen molar-refractivity contribution in [1.82, 2.24) is 14.5 Å². The van der Waals surface area contributed by atoms with Gasteiger partial charge in [-0.15, -0.1) is 0 Å². The van der Waals surface area contributed by atoms with Crippen molar-refractivity contribution in [1.29, 1.82) is 0 Å². The van der Waals surface area contributed by atoms with Gasteiger partial charge < -0.3 is 4.90 Å². The van der Waals surface area contributed by atoms with E-state index in [1.807, 2.05) is 12.1 Å². The molecule has 1 aliphatic rings. The van der Waals surface area contributed by atoms with Crippen LogP contribution in [0.5, 0.6) is 0 Å². The van der Waals surface area contributed by atoms with E-state index in [9.17, 15) is 18.4 Å². The van der Waals surface area contributed by atoms with Crippen LogP contribution >= 0.6 is 0 Å². The van der Waals surface area contributed by atoms with Gasteiger partial charge in [-0.3, -0.25) is 14.2 Å². The number of hydrogen-bond donors (Lipinski definition) is 0. The van der Waals surface area contributed by atoms with Gasteiger partial charge in [0.25, 0.3) is 5.91 Å². The molecule has 0 N–H and O–H groups in total. The summed E-state index contributed by atoms with van der Waals surface area (Å²) >= 11 is 0. The van der Waals surface area contributed by atoms with Crippen LogP contribution in [0.3, 0.4) is 0 Å². The van der Waals surface area contributed by atoms with Crippen LogP contribution in [0.2, 0.25) is 0 Å². The highest BCUT2D eigenvalue weighted by Crippen LogP contribution is 2.36. The molecule has 5 nitrogen and oxygen atoms in total. The van der Waals surface area contributed by atoms with E-state index in [4.69, 9.17) is 0 Å². The molecule has 0 saturated carbocycles. The van der Waals surface area contributed by atoms with E-state index in [1.54, 1.807) is 30.3 Å². The van der Waals surface area contributed by atoms with Gasteiger partial charge in [0.05, 0.1) is 6.54 Å². The zero-order valence-corrected chi connectivity index (χ0v) is 14.4. The fourth-order valence-corrected chi connectivity index (χ4v) is 3.31. The summed E-state index contributed by atoms with van der Waals surface area (Å²) in [6, 6.07) is 12.3. The summed E-state index contributed by atoms with van der Waals surface area (Å²) in [4.78, 5) is 30.5. The van der Waals surface area contributed by atoms with Crippen molar-refractivity contribution >= 4 is 11.7 Å². The largest absolute Gasteiger partial charge is 0.334 e. The van der Waals surface area contributed by atoms with E-state index in [0.29, 0.717) is 21.3 Å². The van der Waals surface area contributed by atoms with Gasteiger partial charge in [-0.1, -0.05) is 30.3 Å². The van der Waals surface area contributed by atoms with Gasteiger partial charge in [-0.2, -0.15) is 8.78 Å². The number of imidazole rings is 1. The summed E-state index contributed by atoms with van der Waals surface area (Å²) in [6.07, 6.45) is 2.44.